The van der Waals surface area contributed by atoms with E-state index in [0.29, 0.717) is 17.8 Å². The smallest absolute Gasteiger partial charge is 0.337 e. The molecule has 0 fully saturated rings. The number of carbonyl (C=O) groups is 1. The molecule has 0 saturated carbocycles. The molecule has 18 heavy (non-hydrogen) atoms. The van der Waals surface area contributed by atoms with Crippen molar-refractivity contribution < 1.29 is 14.6 Å². The second kappa shape index (κ2) is 6.56. The molecule has 0 amide bonds. The molecule has 1 rings (SSSR count). The fraction of sp³-hybridized carbons (Fsp3) is 0.615. The van der Waals surface area contributed by atoms with E-state index in [0.717, 1.165) is 19.6 Å². The fourth-order valence-corrected chi connectivity index (χ4v) is 1.74. The lowest BCUT2D eigenvalue weighted by atomic mass is 9.90. The lowest BCUT2D eigenvalue weighted by Crippen LogP contribution is -2.30. The molecule has 0 saturated heterocycles. The average Bonchev–Trinajstić information content (AvgIpc) is 2.74. The Balaban J connectivity index is 2.41. The maximum absolute atomic E-state index is 10.9. The summed E-state index contributed by atoms with van der Waals surface area (Å²) in [5.74, 6) is -0.897. The summed E-state index contributed by atoms with van der Waals surface area (Å²) in [5, 5.41) is 12.2. The molecule has 0 aliphatic carbocycles. The van der Waals surface area contributed by atoms with Crippen LogP contribution in [0, 0.1) is 5.41 Å². The second-order valence-corrected chi connectivity index (χ2v) is 5.19. The number of carboxylic acids is 1. The maximum Gasteiger partial charge on any atom is 0.337 e. The molecule has 0 bridgehead atoms. The largest absolute Gasteiger partial charge is 0.478 e. The quantitative estimate of drug-likeness (QED) is 0.662. The molecule has 0 radical (unpaired) electrons. The summed E-state index contributed by atoms with van der Waals surface area (Å²) in [6.07, 6.45) is 2.61. The highest BCUT2D eigenvalue weighted by atomic mass is 16.5. The topological polar surface area (TPSA) is 74.3 Å². The summed E-state index contributed by atoms with van der Waals surface area (Å²) in [6, 6.07) is 1.58. The van der Waals surface area contributed by atoms with E-state index in [9.17, 15) is 4.79 Å². The van der Waals surface area contributed by atoms with Crippen molar-refractivity contribution in [1.29, 1.82) is 0 Å². The predicted molar refractivity (Wildman–Crippen MR) is 69.7 cm³/mol. The number of methoxy groups -OCH3 is 1. The first-order valence-corrected chi connectivity index (χ1v) is 6.05. The van der Waals surface area contributed by atoms with Crippen LogP contribution in [0.5, 0.6) is 0 Å². The number of hydrogen-bond acceptors (Lipinski definition) is 3. The van der Waals surface area contributed by atoms with Crippen LogP contribution in [0.25, 0.3) is 0 Å². The Labute approximate surface area is 108 Å². The molecule has 5 heteroatoms. The van der Waals surface area contributed by atoms with Crippen LogP contribution in [-0.4, -0.2) is 36.3 Å². The second-order valence-electron chi connectivity index (χ2n) is 5.19. The van der Waals surface area contributed by atoms with E-state index in [-0.39, 0.29) is 5.41 Å². The standard InChI is InChI=1S/C13H22N2O3/c1-13(2,5-7-18-3)9-14-8-11-10(12(16)17)4-6-15-11/h4,6,14-15H,5,7-9H2,1-3H3,(H,16,17). The first-order valence-electron chi connectivity index (χ1n) is 6.05. The van der Waals surface area contributed by atoms with Gasteiger partial charge in [-0.15, -0.1) is 0 Å². The zero-order valence-electron chi connectivity index (χ0n) is 11.2. The summed E-state index contributed by atoms with van der Waals surface area (Å²) in [5.41, 5.74) is 1.17. The van der Waals surface area contributed by atoms with Gasteiger partial charge in [-0.05, 0) is 17.9 Å². The highest BCUT2D eigenvalue weighted by Gasteiger charge is 2.17. The summed E-state index contributed by atoms with van der Waals surface area (Å²) in [7, 11) is 1.70. The Hall–Kier alpha value is -1.33. The average molecular weight is 254 g/mol. The number of rotatable bonds is 8. The van der Waals surface area contributed by atoms with Crippen molar-refractivity contribution in [2.24, 2.45) is 5.41 Å². The zero-order chi connectivity index (χ0) is 13.6. The number of H-pyrrole nitrogens is 1. The van der Waals surface area contributed by atoms with Crippen molar-refractivity contribution in [1.82, 2.24) is 10.3 Å². The fourth-order valence-electron chi connectivity index (χ4n) is 1.74. The van der Waals surface area contributed by atoms with Gasteiger partial charge in [0.1, 0.15) is 0 Å². The van der Waals surface area contributed by atoms with Crippen molar-refractivity contribution >= 4 is 5.97 Å². The van der Waals surface area contributed by atoms with Gasteiger partial charge in [0.15, 0.2) is 0 Å². The van der Waals surface area contributed by atoms with Gasteiger partial charge >= 0.3 is 5.97 Å². The minimum absolute atomic E-state index is 0.131. The third-order valence-electron chi connectivity index (χ3n) is 2.95. The third kappa shape index (κ3) is 4.50. The normalized spacial score (nSPS) is 11.7. The van der Waals surface area contributed by atoms with Gasteiger partial charge in [-0.1, -0.05) is 13.8 Å². The number of carboxylic acid groups (broad SMARTS) is 1. The number of aromatic amines is 1. The summed E-state index contributed by atoms with van der Waals surface area (Å²) in [6.45, 7) is 6.40. The molecule has 5 nitrogen and oxygen atoms in total. The minimum Gasteiger partial charge on any atom is -0.478 e. The summed E-state index contributed by atoms with van der Waals surface area (Å²) < 4.78 is 5.07. The van der Waals surface area contributed by atoms with E-state index in [1.165, 1.54) is 0 Å². The van der Waals surface area contributed by atoms with Gasteiger partial charge in [0, 0.05) is 38.7 Å². The zero-order valence-corrected chi connectivity index (χ0v) is 11.2. The SMILES string of the molecule is COCCC(C)(C)CNCc1[nH]ccc1C(=O)O. The van der Waals surface area contributed by atoms with E-state index in [4.69, 9.17) is 9.84 Å². The Kier molecular flexibility index (Phi) is 5.37. The molecule has 0 aromatic carbocycles. The Morgan fingerprint density at radius 1 is 1.56 bits per heavy atom. The van der Waals surface area contributed by atoms with Gasteiger partial charge in [-0.2, -0.15) is 0 Å². The van der Waals surface area contributed by atoms with Gasteiger partial charge in [-0.3, -0.25) is 0 Å². The summed E-state index contributed by atoms with van der Waals surface area (Å²) >= 11 is 0. The maximum atomic E-state index is 10.9. The van der Waals surface area contributed by atoms with Gasteiger partial charge in [-0.25, -0.2) is 4.79 Å². The first kappa shape index (κ1) is 14.7. The van der Waals surface area contributed by atoms with Crippen LogP contribution in [0.3, 0.4) is 0 Å². The molecule has 0 spiro atoms. The number of hydrogen-bond donors (Lipinski definition) is 3. The number of aromatic nitrogens is 1. The monoisotopic (exact) mass is 254 g/mol. The number of aromatic carboxylic acids is 1. The van der Waals surface area contributed by atoms with Crippen LogP contribution in [0.15, 0.2) is 12.3 Å². The Morgan fingerprint density at radius 2 is 2.28 bits per heavy atom. The molecule has 0 unspecified atom stereocenters. The van der Waals surface area contributed by atoms with Gasteiger partial charge in [0.2, 0.25) is 0 Å². The molecular formula is C13H22N2O3. The third-order valence-corrected chi connectivity index (χ3v) is 2.95. The van der Waals surface area contributed by atoms with Crippen molar-refractivity contribution in [3.05, 3.63) is 23.5 Å². The number of nitrogens with one attached hydrogen (secondary N) is 2. The molecule has 0 atom stereocenters. The van der Waals surface area contributed by atoms with E-state index in [1.54, 1.807) is 19.4 Å². The van der Waals surface area contributed by atoms with Gasteiger partial charge in [0.25, 0.3) is 0 Å². The lowest BCUT2D eigenvalue weighted by molar-refractivity contribution is 0.0695. The van der Waals surface area contributed by atoms with Crippen LogP contribution in [0.2, 0.25) is 0 Å². The van der Waals surface area contributed by atoms with Gasteiger partial charge < -0.3 is 20.1 Å². The van der Waals surface area contributed by atoms with E-state index in [2.05, 4.69) is 24.1 Å². The van der Waals surface area contributed by atoms with Crippen molar-refractivity contribution in [3.63, 3.8) is 0 Å². The minimum atomic E-state index is -0.897. The molecule has 3 N–H and O–H groups in total. The molecule has 102 valence electrons. The van der Waals surface area contributed by atoms with Crippen LogP contribution >= 0.6 is 0 Å². The molecule has 0 aliphatic heterocycles. The highest BCUT2D eigenvalue weighted by Crippen LogP contribution is 2.19. The highest BCUT2D eigenvalue weighted by molar-refractivity contribution is 5.88. The molecule has 1 heterocycles. The van der Waals surface area contributed by atoms with Crippen LogP contribution in [0.4, 0.5) is 0 Å². The lowest BCUT2D eigenvalue weighted by Gasteiger charge is -2.24. The first-order chi connectivity index (χ1) is 8.46. The Bertz CT molecular complexity index is 385. The van der Waals surface area contributed by atoms with Crippen LogP contribution in [0.1, 0.15) is 36.3 Å². The van der Waals surface area contributed by atoms with E-state index < -0.39 is 5.97 Å². The Morgan fingerprint density at radius 3 is 2.89 bits per heavy atom. The molecular weight excluding hydrogens is 232 g/mol. The summed E-state index contributed by atoms with van der Waals surface area (Å²) in [4.78, 5) is 13.9. The van der Waals surface area contributed by atoms with Crippen LogP contribution in [-0.2, 0) is 11.3 Å². The molecule has 0 aliphatic rings. The van der Waals surface area contributed by atoms with Gasteiger partial charge in [0.05, 0.1) is 5.56 Å². The molecule has 1 aromatic heterocycles. The van der Waals surface area contributed by atoms with Crippen LogP contribution < -0.4 is 5.32 Å². The predicted octanol–water partition coefficient (Wildman–Crippen LogP) is 1.87. The van der Waals surface area contributed by atoms with E-state index in [1.807, 2.05) is 0 Å². The molecule has 1 aromatic rings. The number of ether oxygens (including phenoxy) is 1. The van der Waals surface area contributed by atoms with Crippen molar-refractivity contribution in [2.75, 3.05) is 20.3 Å². The van der Waals surface area contributed by atoms with Crippen molar-refractivity contribution in [3.8, 4) is 0 Å². The van der Waals surface area contributed by atoms with E-state index >= 15 is 0 Å². The van der Waals surface area contributed by atoms with Crippen molar-refractivity contribution in [2.45, 2.75) is 26.8 Å².